The van der Waals surface area contributed by atoms with Crippen molar-refractivity contribution in [3.8, 4) is 0 Å². The summed E-state index contributed by atoms with van der Waals surface area (Å²) < 4.78 is 0. The van der Waals surface area contributed by atoms with Gasteiger partial charge in [-0.2, -0.15) is 0 Å². The highest BCUT2D eigenvalue weighted by Gasteiger charge is 2.49. The summed E-state index contributed by atoms with van der Waals surface area (Å²) in [5.74, 6) is 0. The van der Waals surface area contributed by atoms with Crippen LogP contribution in [-0.2, 0) is 0 Å². The third-order valence-corrected chi connectivity index (χ3v) is 2.31. The normalized spacial score (nSPS) is 39.0. The number of hydrogen-bond acceptors (Lipinski definition) is 3. The van der Waals surface area contributed by atoms with Crippen molar-refractivity contribution >= 4 is 0 Å². The second-order valence-corrected chi connectivity index (χ2v) is 2.98. The Hall–Kier alpha value is -0.120. The lowest BCUT2D eigenvalue weighted by atomic mass is 9.90. The van der Waals surface area contributed by atoms with E-state index in [2.05, 4.69) is 10.9 Å². The molecule has 1 aliphatic heterocycles. The lowest BCUT2D eigenvalue weighted by Gasteiger charge is -2.23. The molecule has 0 aromatic carbocycles. The summed E-state index contributed by atoms with van der Waals surface area (Å²) in [6, 6.07) is 0. The third-order valence-electron chi connectivity index (χ3n) is 2.31. The van der Waals surface area contributed by atoms with Crippen LogP contribution in [0.4, 0.5) is 0 Å². The van der Waals surface area contributed by atoms with Gasteiger partial charge in [0, 0.05) is 0 Å². The average Bonchev–Trinajstić information content (AvgIpc) is 2.60. The summed E-state index contributed by atoms with van der Waals surface area (Å²) in [4.78, 5) is 0. The van der Waals surface area contributed by atoms with Crippen LogP contribution < -0.4 is 10.9 Å². The van der Waals surface area contributed by atoms with Crippen LogP contribution in [0.3, 0.4) is 0 Å². The van der Waals surface area contributed by atoms with E-state index in [4.69, 9.17) is 0 Å². The van der Waals surface area contributed by atoms with Gasteiger partial charge < -0.3 is 5.11 Å². The number of aliphatic hydroxyl groups is 1. The first kappa shape index (κ1) is 5.65. The van der Waals surface area contributed by atoms with E-state index in [0.29, 0.717) is 0 Å². The van der Waals surface area contributed by atoms with Crippen molar-refractivity contribution in [3.63, 3.8) is 0 Å². The van der Waals surface area contributed by atoms with Crippen molar-refractivity contribution in [1.29, 1.82) is 0 Å². The molecule has 0 amide bonds. The Balaban J connectivity index is 2.03. The van der Waals surface area contributed by atoms with Crippen LogP contribution in [0.25, 0.3) is 0 Å². The molecule has 52 valence electrons. The molecule has 1 heterocycles. The molecule has 0 aromatic rings. The number of aliphatic hydroxyl groups excluding tert-OH is 1. The second kappa shape index (κ2) is 1.68. The first-order valence-corrected chi connectivity index (χ1v) is 3.56. The van der Waals surface area contributed by atoms with Crippen molar-refractivity contribution in [2.24, 2.45) is 0 Å². The van der Waals surface area contributed by atoms with E-state index in [9.17, 15) is 5.11 Å². The molecule has 2 rings (SSSR count). The van der Waals surface area contributed by atoms with E-state index in [1.54, 1.807) is 0 Å². The monoisotopic (exact) mass is 128 g/mol. The summed E-state index contributed by atoms with van der Waals surface area (Å²) in [7, 11) is 0. The Bertz CT molecular complexity index is 122. The molecule has 2 aliphatic rings. The summed E-state index contributed by atoms with van der Waals surface area (Å²) in [5.41, 5.74) is 5.94. The zero-order valence-corrected chi connectivity index (χ0v) is 5.35. The quantitative estimate of drug-likeness (QED) is 0.393. The van der Waals surface area contributed by atoms with Gasteiger partial charge in [0.1, 0.15) is 5.66 Å². The fraction of sp³-hybridized carbons (Fsp3) is 1.00. The lowest BCUT2D eigenvalue weighted by Crippen LogP contribution is -2.37. The highest BCUT2D eigenvalue weighted by Crippen LogP contribution is 2.31. The fourth-order valence-corrected chi connectivity index (χ4v) is 1.53. The van der Waals surface area contributed by atoms with Gasteiger partial charge in [-0.3, -0.25) is 0 Å². The Morgan fingerprint density at radius 3 is 2.56 bits per heavy atom. The highest BCUT2D eigenvalue weighted by molar-refractivity contribution is 5.02. The van der Waals surface area contributed by atoms with E-state index in [-0.39, 0.29) is 11.8 Å². The van der Waals surface area contributed by atoms with Crippen LogP contribution in [0.1, 0.15) is 25.7 Å². The molecular weight excluding hydrogens is 116 g/mol. The van der Waals surface area contributed by atoms with Crippen molar-refractivity contribution in [2.45, 2.75) is 37.5 Å². The molecule has 2 fully saturated rings. The van der Waals surface area contributed by atoms with Crippen LogP contribution in [0, 0.1) is 0 Å². The van der Waals surface area contributed by atoms with Gasteiger partial charge in [-0.1, -0.05) is 6.42 Å². The third kappa shape index (κ3) is 0.764. The molecule has 3 N–H and O–H groups in total. The van der Waals surface area contributed by atoms with Gasteiger partial charge in [0.05, 0.1) is 6.10 Å². The van der Waals surface area contributed by atoms with Gasteiger partial charge in [-0.25, -0.2) is 10.9 Å². The predicted octanol–water partition coefficient (Wildman–Crippen LogP) is -0.275. The Morgan fingerprint density at radius 2 is 2.11 bits per heavy atom. The zero-order chi connectivity index (χ0) is 6.32. The average molecular weight is 128 g/mol. The molecule has 3 nitrogen and oxygen atoms in total. The summed E-state index contributed by atoms with van der Waals surface area (Å²) in [5, 5.41) is 9.37. The van der Waals surface area contributed by atoms with E-state index < -0.39 is 0 Å². The highest BCUT2D eigenvalue weighted by atomic mass is 16.3. The Kier molecular flexibility index (Phi) is 1.06. The summed E-state index contributed by atoms with van der Waals surface area (Å²) in [6.07, 6.45) is 4.27. The van der Waals surface area contributed by atoms with Crippen LogP contribution in [0.5, 0.6) is 0 Å². The molecule has 3 heteroatoms. The molecule has 1 spiro atoms. The lowest BCUT2D eigenvalue weighted by molar-refractivity contribution is 0.0874. The molecule has 1 unspecified atom stereocenters. The topological polar surface area (TPSA) is 64.1 Å². The first-order valence-electron chi connectivity index (χ1n) is 3.56. The SMILES string of the molecule is OC1CCCCC12NN2. The number of rotatable bonds is 0. The van der Waals surface area contributed by atoms with Gasteiger partial charge in [-0.05, 0) is 19.3 Å². The van der Waals surface area contributed by atoms with Crippen molar-refractivity contribution in [2.75, 3.05) is 0 Å². The summed E-state index contributed by atoms with van der Waals surface area (Å²) >= 11 is 0. The molecular formula is C6H12N2O. The first-order chi connectivity index (χ1) is 4.33. The number of hydrazine groups is 1. The molecule has 1 aliphatic carbocycles. The second-order valence-electron chi connectivity index (χ2n) is 2.98. The molecule has 1 saturated carbocycles. The predicted molar refractivity (Wildman–Crippen MR) is 33.5 cm³/mol. The van der Waals surface area contributed by atoms with Gasteiger partial charge in [0.25, 0.3) is 0 Å². The van der Waals surface area contributed by atoms with E-state index in [0.717, 1.165) is 12.8 Å². The Morgan fingerprint density at radius 1 is 1.33 bits per heavy atom. The van der Waals surface area contributed by atoms with Crippen molar-refractivity contribution in [1.82, 2.24) is 10.9 Å². The fourth-order valence-electron chi connectivity index (χ4n) is 1.53. The van der Waals surface area contributed by atoms with Crippen LogP contribution in [0.2, 0.25) is 0 Å². The summed E-state index contributed by atoms with van der Waals surface area (Å²) in [6.45, 7) is 0. The van der Waals surface area contributed by atoms with Crippen LogP contribution >= 0.6 is 0 Å². The zero-order valence-electron chi connectivity index (χ0n) is 5.35. The van der Waals surface area contributed by atoms with Gasteiger partial charge in [0.15, 0.2) is 0 Å². The number of hydrogen-bond donors (Lipinski definition) is 3. The Labute approximate surface area is 54.4 Å². The maximum atomic E-state index is 9.37. The van der Waals surface area contributed by atoms with E-state index in [1.807, 2.05) is 0 Å². The molecule has 9 heavy (non-hydrogen) atoms. The van der Waals surface area contributed by atoms with Crippen molar-refractivity contribution < 1.29 is 5.11 Å². The van der Waals surface area contributed by atoms with Crippen LogP contribution in [-0.4, -0.2) is 16.9 Å². The molecule has 1 atom stereocenters. The molecule has 1 saturated heterocycles. The minimum Gasteiger partial charge on any atom is -0.390 e. The van der Waals surface area contributed by atoms with E-state index in [1.165, 1.54) is 12.8 Å². The van der Waals surface area contributed by atoms with Crippen LogP contribution in [0.15, 0.2) is 0 Å². The smallest absolute Gasteiger partial charge is 0.120 e. The van der Waals surface area contributed by atoms with Gasteiger partial charge in [-0.15, -0.1) is 0 Å². The molecule has 0 bridgehead atoms. The standard InChI is InChI=1S/C6H12N2O/c9-5-3-1-2-4-6(5)7-8-6/h5,7-9H,1-4H2. The van der Waals surface area contributed by atoms with Gasteiger partial charge >= 0.3 is 0 Å². The van der Waals surface area contributed by atoms with Crippen molar-refractivity contribution in [3.05, 3.63) is 0 Å². The maximum Gasteiger partial charge on any atom is 0.120 e. The number of nitrogens with one attached hydrogen (secondary N) is 2. The largest absolute Gasteiger partial charge is 0.390 e. The minimum atomic E-state index is -0.161. The van der Waals surface area contributed by atoms with E-state index >= 15 is 0 Å². The molecule has 0 radical (unpaired) electrons. The minimum absolute atomic E-state index is 0.0573. The maximum absolute atomic E-state index is 9.37. The molecule has 0 aromatic heterocycles. The van der Waals surface area contributed by atoms with Gasteiger partial charge in [0.2, 0.25) is 0 Å².